The van der Waals surface area contributed by atoms with Crippen LogP contribution in [0.1, 0.15) is 26.7 Å². The molecule has 0 aromatic heterocycles. The second-order valence-corrected chi connectivity index (χ2v) is 6.39. The van der Waals surface area contributed by atoms with Crippen molar-refractivity contribution in [2.75, 3.05) is 43.4 Å². The van der Waals surface area contributed by atoms with Crippen molar-refractivity contribution in [3.8, 4) is 0 Å². The third kappa shape index (κ3) is 4.87. The van der Waals surface area contributed by atoms with Gasteiger partial charge in [-0.1, -0.05) is 32.4 Å². The van der Waals surface area contributed by atoms with E-state index in [0.717, 1.165) is 5.75 Å². The Bertz CT molecular complexity index is 378. The van der Waals surface area contributed by atoms with Crippen LogP contribution in [0.5, 0.6) is 0 Å². The van der Waals surface area contributed by atoms with Crippen molar-refractivity contribution < 1.29 is 0 Å². The molecule has 20 heavy (non-hydrogen) atoms. The average Bonchev–Trinajstić information content (AvgIpc) is 2.47. The van der Waals surface area contributed by atoms with Gasteiger partial charge in [-0.05, 0) is 30.9 Å². The Labute approximate surface area is 134 Å². The molecule has 0 bridgehead atoms. The summed E-state index contributed by atoms with van der Waals surface area (Å²) in [5.74, 6) is 1.15. The predicted octanol–water partition coefficient (Wildman–Crippen LogP) is 4.14. The fraction of sp³-hybridized carbons (Fsp3) is 0.625. The van der Waals surface area contributed by atoms with Gasteiger partial charge in [-0.25, -0.2) is 0 Å². The largest absolute Gasteiger partial charge is 0.368 e. The summed E-state index contributed by atoms with van der Waals surface area (Å²) in [5.41, 5.74) is 1.43. The molecule has 1 aromatic rings. The van der Waals surface area contributed by atoms with E-state index in [2.05, 4.69) is 47.9 Å². The third-order valence-electron chi connectivity index (χ3n) is 3.71. The Morgan fingerprint density at radius 2 is 1.75 bits per heavy atom. The van der Waals surface area contributed by atoms with Gasteiger partial charge in [0, 0.05) is 31.1 Å². The van der Waals surface area contributed by atoms with E-state index in [0.29, 0.717) is 0 Å². The predicted molar refractivity (Wildman–Crippen MR) is 93.6 cm³/mol. The molecular formula is C16H27ClN2S. The minimum absolute atomic E-state index is 0. The van der Waals surface area contributed by atoms with Crippen molar-refractivity contribution in [2.24, 2.45) is 0 Å². The molecule has 1 saturated heterocycles. The van der Waals surface area contributed by atoms with Crippen LogP contribution in [0.4, 0.5) is 5.69 Å². The molecular weight excluding hydrogens is 288 g/mol. The van der Waals surface area contributed by atoms with Crippen LogP contribution in [0.2, 0.25) is 0 Å². The molecule has 114 valence electrons. The topological polar surface area (TPSA) is 6.48 Å². The van der Waals surface area contributed by atoms with Gasteiger partial charge in [0.2, 0.25) is 0 Å². The molecule has 0 radical (unpaired) electrons. The van der Waals surface area contributed by atoms with Gasteiger partial charge in [-0.2, -0.15) is 0 Å². The molecule has 1 aromatic carbocycles. The zero-order chi connectivity index (χ0) is 13.5. The van der Waals surface area contributed by atoms with Gasteiger partial charge < -0.3 is 4.90 Å². The van der Waals surface area contributed by atoms with Gasteiger partial charge in [-0.3, -0.25) is 4.90 Å². The number of thioether (sulfide) groups is 1. The highest BCUT2D eigenvalue weighted by Gasteiger charge is 2.18. The lowest BCUT2D eigenvalue weighted by molar-refractivity contribution is 0.254. The monoisotopic (exact) mass is 314 g/mol. The first-order valence-electron chi connectivity index (χ1n) is 7.54. The van der Waals surface area contributed by atoms with Crippen molar-refractivity contribution in [3.05, 3.63) is 24.3 Å². The average molecular weight is 315 g/mol. The van der Waals surface area contributed by atoms with E-state index in [9.17, 15) is 0 Å². The van der Waals surface area contributed by atoms with Crippen molar-refractivity contribution in [2.45, 2.75) is 31.6 Å². The molecule has 1 aliphatic rings. The molecule has 0 aliphatic carbocycles. The van der Waals surface area contributed by atoms with Crippen LogP contribution in [0, 0.1) is 0 Å². The summed E-state index contributed by atoms with van der Waals surface area (Å²) in [6.45, 7) is 10.5. The number of unbranched alkanes of at least 4 members (excludes halogenated alkanes) is 1. The van der Waals surface area contributed by atoms with Crippen molar-refractivity contribution in [1.82, 2.24) is 4.90 Å². The second-order valence-electron chi connectivity index (χ2n) is 5.08. The standard InChI is InChI=1S/C16H26N2S.ClH/c1-3-5-10-17-11-13-18(14-12-17)15-8-6-7-9-16(15)19-4-2;/h6-9H,3-5,10-14H2,1-2H3;1H. The molecule has 0 N–H and O–H groups in total. The minimum Gasteiger partial charge on any atom is -0.368 e. The summed E-state index contributed by atoms with van der Waals surface area (Å²) in [5, 5.41) is 0. The highest BCUT2D eigenvalue weighted by molar-refractivity contribution is 7.99. The number of piperazine rings is 1. The molecule has 2 nitrogen and oxygen atoms in total. The zero-order valence-corrected chi connectivity index (χ0v) is 14.3. The highest BCUT2D eigenvalue weighted by Crippen LogP contribution is 2.30. The third-order valence-corrected chi connectivity index (χ3v) is 4.65. The van der Waals surface area contributed by atoms with Crippen LogP contribution in [0.25, 0.3) is 0 Å². The first kappa shape index (κ1) is 17.7. The maximum Gasteiger partial charge on any atom is 0.0505 e. The summed E-state index contributed by atoms with van der Waals surface area (Å²) >= 11 is 1.95. The number of hydrogen-bond acceptors (Lipinski definition) is 3. The lowest BCUT2D eigenvalue weighted by atomic mass is 10.2. The normalized spacial score (nSPS) is 16.0. The summed E-state index contributed by atoms with van der Waals surface area (Å²) in [4.78, 5) is 6.60. The second kappa shape index (κ2) is 9.54. The lowest BCUT2D eigenvalue weighted by Crippen LogP contribution is -2.46. The molecule has 4 heteroatoms. The lowest BCUT2D eigenvalue weighted by Gasteiger charge is -2.36. The van der Waals surface area contributed by atoms with E-state index in [4.69, 9.17) is 0 Å². The van der Waals surface area contributed by atoms with E-state index in [-0.39, 0.29) is 12.4 Å². The maximum absolute atomic E-state index is 2.61. The van der Waals surface area contributed by atoms with Gasteiger partial charge in [0.15, 0.2) is 0 Å². The molecule has 0 spiro atoms. The summed E-state index contributed by atoms with van der Waals surface area (Å²) < 4.78 is 0. The number of halogens is 1. The maximum atomic E-state index is 2.61. The van der Waals surface area contributed by atoms with E-state index < -0.39 is 0 Å². The Kier molecular flexibility index (Phi) is 8.43. The molecule has 0 unspecified atom stereocenters. The summed E-state index contributed by atoms with van der Waals surface area (Å²) in [7, 11) is 0. The van der Waals surface area contributed by atoms with Crippen LogP contribution in [0.15, 0.2) is 29.2 Å². The van der Waals surface area contributed by atoms with Gasteiger partial charge in [-0.15, -0.1) is 24.2 Å². The molecule has 0 saturated carbocycles. The van der Waals surface area contributed by atoms with E-state index in [1.54, 1.807) is 0 Å². The van der Waals surface area contributed by atoms with Crippen molar-refractivity contribution in [3.63, 3.8) is 0 Å². The smallest absolute Gasteiger partial charge is 0.0505 e. The fourth-order valence-corrected chi connectivity index (χ4v) is 3.42. The summed E-state index contributed by atoms with van der Waals surface area (Å²) in [6, 6.07) is 8.85. The van der Waals surface area contributed by atoms with Gasteiger partial charge >= 0.3 is 0 Å². The number of nitrogens with zero attached hydrogens (tertiary/aromatic N) is 2. The summed E-state index contributed by atoms with van der Waals surface area (Å²) in [6.07, 6.45) is 2.64. The molecule has 2 rings (SSSR count). The molecule has 1 aliphatic heterocycles. The van der Waals surface area contributed by atoms with Gasteiger partial charge in [0.1, 0.15) is 0 Å². The molecule has 1 fully saturated rings. The van der Waals surface area contributed by atoms with Gasteiger partial charge in [0.05, 0.1) is 5.69 Å². The van der Waals surface area contributed by atoms with E-state index >= 15 is 0 Å². The highest BCUT2D eigenvalue weighted by atomic mass is 35.5. The Hall–Kier alpha value is -0.380. The van der Waals surface area contributed by atoms with E-state index in [1.807, 2.05) is 11.8 Å². The number of para-hydroxylation sites is 1. The number of benzene rings is 1. The minimum atomic E-state index is 0. The number of anilines is 1. The van der Waals surface area contributed by atoms with Crippen LogP contribution >= 0.6 is 24.2 Å². The van der Waals surface area contributed by atoms with Crippen LogP contribution in [-0.4, -0.2) is 43.4 Å². The fourth-order valence-electron chi connectivity index (χ4n) is 2.59. The molecule has 0 amide bonds. The Balaban J connectivity index is 0.00000200. The molecule has 0 atom stereocenters. The van der Waals surface area contributed by atoms with Crippen molar-refractivity contribution >= 4 is 29.9 Å². The molecule has 1 heterocycles. The van der Waals surface area contributed by atoms with Gasteiger partial charge in [0.25, 0.3) is 0 Å². The number of rotatable bonds is 6. The Morgan fingerprint density at radius 1 is 1.05 bits per heavy atom. The van der Waals surface area contributed by atoms with E-state index in [1.165, 1.54) is 56.1 Å². The Morgan fingerprint density at radius 3 is 2.40 bits per heavy atom. The van der Waals surface area contributed by atoms with Crippen LogP contribution in [0.3, 0.4) is 0 Å². The number of hydrogen-bond donors (Lipinski definition) is 0. The quantitative estimate of drug-likeness (QED) is 0.729. The van der Waals surface area contributed by atoms with Crippen LogP contribution < -0.4 is 4.90 Å². The SMILES string of the molecule is CCCCN1CCN(c2ccccc2SCC)CC1.Cl. The van der Waals surface area contributed by atoms with Crippen LogP contribution in [-0.2, 0) is 0 Å². The first-order chi connectivity index (χ1) is 9.35. The van der Waals surface area contributed by atoms with Crippen molar-refractivity contribution in [1.29, 1.82) is 0 Å². The zero-order valence-electron chi connectivity index (χ0n) is 12.7. The first-order valence-corrected chi connectivity index (χ1v) is 8.52.